The summed E-state index contributed by atoms with van der Waals surface area (Å²) in [6.45, 7) is 0. The van der Waals surface area contributed by atoms with E-state index in [1.807, 2.05) is 0 Å². The highest BCUT2D eigenvalue weighted by molar-refractivity contribution is 9.09. The molecule has 1 atom stereocenters. The molecule has 2 aromatic carbocycles. The Kier molecular flexibility index (Phi) is 5.73. The van der Waals surface area contributed by atoms with Crippen LogP contribution >= 0.6 is 15.9 Å². The highest BCUT2D eigenvalue weighted by Gasteiger charge is 2.30. The third-order valence-corrected chi connectivity index (χ3v) is 4.42. The molecule has 1 heterocycles. The van der Waals surface area contributed by atoms with Crippen molar-refractivity contribution < 1.29 is 32.6 Å². The number of nitrogens with zero attached hydrogens (tertiary/aromatic N) is 2. The molecule has 1 aromatic heterocycles. The summed E-state index contributed by atoms with van der Waals surface area (Å²) in [7, 11) is 0. The first kappa shape index (κ1) is 20.6. The maximum Gasteiger partial charge on any atom is 0.416 e. The summed E-state index contributed by atoms with van der Waals surface area (Å²) in [5.41, 5.74) is -0.523. The molecule has 0 amide bonds. The lowest BCUT2D eigenvalue weighted by atomic mass is 10.1. The van der Waals surface area contributed by atoms with E-state index in [-0.39, 0.29) is 22.6 Å². The van der Waals surface area contributed by atoms with E-state index in [4.69, 9.17) is 9.84 Å². The maximum atomic E-state index is 12.9. The van der Waals surface area contributed by atoms with Crippen LogP contribution in [0.3, 0.4) is 0 Å². The number of para-hydroxylation sites is 1. The number of halogens is 4. The van der Waals surface area contributed by atoms with E-state index < -0.39 is 28.5 Å². The Morgan fingerprint density at radius 1 is 1.14 bits per heavy atom. The molecular weight excluding hydrogens is 457 g/mol. The molecule has 0 aliphatic heterocycles. The van der Waals surface area contributed by atoms with Gasteiger partial charge in [-0.15, -0.1) is 0 Å². The molecule has 0 fully saturated rings. The first-order valence-corrected chi connectivity index (χ1v) is 8.98. The molecule has 0 aliphatic rings. The monoisotopic (exact) mass is 468 g/mol. The molecule has 0 saturated heterocycles. The molecule has 29 heavy (non-hydrogen) atoms. The second kappa shape index (κ2) is 8.08. The van der Waals surface area contributed by atoms with Gasteiger partial charge in [0, 0.05) is 6.20 Å². The zero-order valence-electron chi connectivity index (χ0n) is 14.4. The Labute approximate surface area is 170 Å². The van der Waals surface area contributed by atoms with Crippen LogP contribution in [0.15, 0.2) is 60.9 Å². The van der Waals surface area contributed by atoms with Crippen LogP contribution in [0.25, 0.3) is 5.69 Å². The average molecular weight is 469 g/mol. The molecule has 150 valence electrons. The van der Waals surface area contributed by atoms with Gasteiger partial charge in [-0.25, -0.2) is 9.48 Å². The van der Waals surface area contributed by atoms with Crippen LogP contribution in [0.4, 0.5) is 13.2 Å². The van der Waals surface area contributed by atoms with E-state index in [2.05, 4.69) is 21.0 Å². The fourth-order valence-electron chi connectivity index (χ4n) is 2.48. The van der Waals surface area contributed by atoms with Gasteiger partial charge in [0.25, 0.3) is 0 Å². The number of carbonyl (C=O) groups excluding carboxylic acids is 1. The molecule has 3 aromatic rings. The minimum Gasteiger partial charge on any atom is -0.478 e. The number of alkyl halides is 4. The largest absolute Gasteiger partial charge is 0.478 e. The SMILES string of the molecule is O=C(c1cnn(-c2cccc(C(F)(F)F)c2)c1)c1ccccc1OC(Br)C(=O)O. The van der Waals surface area contributed by atoms with Gasteiger partial charge in [0.15, 0.2) is 5.78 Å². The summed E-state index contributed by atoms with van der Waals surface area (Å²) in [6.07, 6.45) is -2.01. The van der Waals surface area contributed by atoms with Crippen LogP contribution in [-0.2, 0) is 11.0 Å². The van der Waals surface area contributed by atoms with Gasteiger partial charge < -0.3 is 9.84 Å². The molecule has 0 radical (unpaired) electrons. The third-order valence-electron chi connectivity index (χ3n) is 3.84. The van der Waals surface area contributed by atoms with Gasteiger partial charge in [-0.1, -0.05) is 18.2 Å². The number of carboxylic acids is 1. The van der Waals surface area contributed by atoms with Crippen molar-refractivity contribution in [2.45, 2.75) is 11.2 Å². The normalized spacial score (nSPS) is 12.4. The molecule has 6 nitrogen and oxygen atoms in total. The number of carbonyl (C=O) groups is 2. The summed E-state index contributed by atoms with van der Waals surface area (Å²) in [6, 6.07) is 10.5. The molecule has 0 aliphatic carbocycles. The molecule has 0 spiro atoms. The number of benzene rings is 2. The molecule has 10 heteroatoms. The molecule has 3 rings (SSSR count). The second-order valence-corrected chi connectivity index (χ2v) is 6.65. The van der Waals surface area contributed by atoms with E-state index in [9.17, 15) is 22.8 Å². The minimum absolute atomic E-state index is 0.0357. The highest BCUT2D eigenvalue weighted by Crippen LogP contribution is 2.30. The molecule has 0 bridgehead atoms. The second-order valence-electron chi connectivity index (χ2n) is 5.82. The van der Waals surface area contributed by atoms with Crippen LogP contribution in [0.2, 0.25) is 0 Å². The van der Waals surface area contributed by atoms with Gasteiger partial charge in [-0.3, -0.25) is 4.79 Å². The number of aromatic nitrogens is 2. The van der Waals surface area contributed by atoms with E-state index in [0.29, 0.717) is 0 Å². The summed E-state index contributed by atoms with van der Waals surface area (Å²) in [5.74, 6) is -1.76. The Morgan fingerprint density at radius 2 is 1.86 bits per heavy atom. The van der Waals surface area contributed by atoms with Crippen molar-refractivity contribution in [3.8, 4) is 11.4 Å². The lowest BCUT2D eigenvalue weighted by molar-refractivity contribution is -0.140. The molecule has 1 N–H and O–H groups in total. The first-order chi connectivity index (χ1) is 13.7. The number of ether oxygens (including phenoxy) is 1. The highest BCUT2D eigenvalue weighted by atomic mass is 79.9. The summed E-state index contributed by atoms with van der Waals surface area (Å²) >= 11 is 2.83. The number of hydrogen-bond donors (Lipinski definition) is 1. The summed E-state index contributed by atoms with van der Waals surface area (Å²) in [5, 5.41) is 11.6. The predicted molar refractivity (Wildman–Crippen MR) is 99.4 cm³/mol. The van der Waals surface area contributed by atoms with Gasteiger partial charge in [0.2, 0.25) is 5.01 Å². The Morgan fingerprint density at radius 3 is 2.55 bits per heavy atom. The van der Waals surface area contributed by atoms with Crippen LogP contribution in [0.5, 0.6) is 5.75 Å². The Balaban J connectivity index is 1.90. The van der Waals surface area contributed by atoms with Crippen LogP contribution < -0.4 is 4.74 Å². The maximum absolute atomic E-state index is 12.9. The number of aliphatic carboxylic acids is 1. The van der Waals surface area contributed by atoms with Crippen molar-refractivity contribution in [2.24, 2.45) is 0 Å². The first-order valence-electron chi connectivity index (χ1n) is 8.06. The van der Waals surface area contributed by atoms with Gasteiger partial charge in [-0.2, -0.15) is 18.3 Å². The summed E-state index contributed by atoms with van der Waals surface area (Å²) in [4.78, 5) is 23.8. The van der Waals surface area contributed by atoms with E-state index in [0.717, 1.165) is 16.8 Å². The van der Waals surface area contributed by atoms with Crippen LogP contribution in [-0.4, -0.2) is 31.7 Å². The standard InChI is InChI=1S/C19H12BrF3N2O4/c20-17(18(27)28)29-15-7-2-1-6-14(15)16(26)11-9-24-25(10-11)13-5-3-4-12(8-13)19(21,22)23/h1-10,17H,(H,27,28). The van der Waals surface area contributed by atoms with Gasteiger partial charge in [0.1, 0.15) is 5.75 Å². The Hall–Kier alpha value is -3.14. The van der Waals surface area contributed by atoms with Gasteiger partial charge in [0.05, 0.1) is 28.6 Å². The number of hydrogen-bond acceptors (Lipinski definition) is 4. The van der Waals surface area contributed by atoms with Crippen molar-refractivity contribution in [3.63, 3.8) is 0 Å². The molecular formula is C19H12BrF3N2O4. The van der Waals surface area contributed by atoms with Crippen molar-refractivity contribution in [2.75, 3.05) is 0 Å². The van der Waals surface area contributed by atoms with Crippen molar-refractivity contribution in [1.29, 1.82) is 0 Å². The fraction of sp³-hybridized carbons (Fsp3) is 0.105. The smallest absolute Gasteiger partial charge is 0.416 e. The van der Waals surface area contributed by atoms with Crippen LogP contribution in [0, 0.1) is 0 Å². The molecule has 0 saturated carbocycles. The average Bonchev–Trinajstić information content (AvgIpc) is 3.17. The van der Waals surface area contributed by atoms with Crippen molar-refractivity contribution in [1.82, 2.24) is 9.78 Å². The van der Waals surface area contributed by atoms with Gasteiger partial charge >= 0.3 is 12.1 Å². The van der Waals surface area contributed by atoms with E-state index in [1.54, 1.807) is 12.1 Å². The predicted octanol–water partition coefficient (Wildman–Crippen LogP) is 4.31. The zero-order valence-corrected chi connectivity index (χ0v) is 16.0. The zero-order chi connectivity index (χ0) is 21.2. The number of rotatable bonds is 6. The lowest BCUT2D eigenvalue weighted by Gasteiger charge is -2.12. The van der Waals surface area contributed by atoms with E-state index in [1.165, 1.54) is 36.7 Å². The lowest BCUT2D eigenvalue weighted by Crippen LogP contribution is -2.20. The third kappa shape index (κ3) is 4.65. The number of carboxylic acid groups (broad SMARTS) is 1. The number of ketones is 1. The van der Waals surface area contributed by atoms with Crippen LogP contribution in [0.1, 0.15) is 21.5 Å². The molecule has 1 unspecified atom stereocenters. The van der Waals surface area contributed by atoms with E-state index >= 15 is 0 Å². The van der Waals surface area contributed by atoms with Crippen molar-refractivity contribution in [3.05, 3.63) is 77.6 Å². The minimum atomic E-state index is -4.51. The summed E-state index contributed by atoms with van der Waals surface area (Å²) < 4.78 is 45.1. The fourth-order valence-corrected chi connectivity index (χ4v) is 2.68. The quantitative estimate of drug-likeness (QED) is 0.430. The topological polar surface area (TPSA) is 81.4 Å². The Bertz CT molecular complexity index is 1070. The van der Waals surface area contributed by atoms with Crippen molar-refractivity contribution >= 4 is 27.7 Å². The van der Waals surface area contributed by atoms with Gasteiger partial charge in [-0.05, 0) is 46.3 Å².